The molecule has 34 heavy (non-hydrogen) atoms. The number of anilines is 2. The molecule has 0 aliphatic rings. The Morgan fingerprint density at radius 2 is 1.74 bits per heavy atom. The zero-order valence-corrected chi connectivity index (χ0v) is 21.6. The van der Waals surface area contributed by atoms with E-state index in [4.69, 9.17) is 0 Å². The van der Waals surface area contributed by atoms with Gasteiger partial charge in [-0.3, -0.25) is 13.9 Å². The third kappa shape index (κ3) is 4.91. The van der Waals surface area contributed by atoms with E-state index in [1.807, 2.05) is 6.07 Å². The lowest BCUT2D eigenvalue weighted by molar-refractivity contribution is 0.101. The Hall–Kier alpha value is -3.01. The molecule has 174 valence electrons. The molecule has 9 heteroatoms. The standard InChI is InChI=1S/C25H21BrN2O4S2/c1-3-28(34(31,32)22-10-7-19(26)8-11-22)21-9-12-23-18(14-21)15-24(33-23)25(30)27-20-6-4-5-17(13-20)16(2)29/h4-15H,3H2,1-2H3,(H,27,30). The molecule has 6 nitrogen and oxygen atoms in total. The van der Waals surface area contributed by atoms with Crippen molar-refractivity contribution < 1.29 is 18.0 Å². The van der Waals surface area contributed by atoms with Gasteiger partial charge in [-0.15, -0.1) is 11.3 Å². The van der Waals surface area contributed by atoms with Gasteiger partial charge in [-0.2, -0.15) is 0 Å². The van der Waals surface area contributed by atoms with E-state index in [1.165, 1.54) is 22.6 Å². The molecule has 1 aromatic heterocycles. The molecular weight excluding hydrogens is 536 g/mol. The highest BCUT2D eigenvalue weighted by Gasteiger charge is 2.24. The number of amides is 1. The Balaban J connectivity index is 1.62. The largest absolute Gasteiger partial charge is 0.321 e. The van der Waals surface area contributed by atoms with E-state index in [2.05, 4.69) is 21.2 Å². The zero-order chi connectivity index (χ0) is 24.5. The average Bonchev–Trinajstić information content (AvgIpc) is 3.23. The van der Waals surface area contributed by atoms with E-state index in [1.54, 1.807) is 73.7 Å². The van der Waals surface area contributed by atoms with Gasteiger partial charge in [0.05, 0.1) is 15.5 Å². The summed E-state index contributed by atoms with van der Waals surface area (Å²) >= 11 is 4.64. The maximum Gasteiger partial charge on any atom is 0.265 e. The number of hydrogen-bond acceptors (Lipinski definition) is 5. The first kappa shape index (κ1) is 24.1. The van der Waals surface area contributed by atoms with Crippen molar-refractivity contribution >= 4 is 70.4 Å². The van der Waals surface area contributed by atoms with Gasteiger partial charge in [-0.25, -0.2) is 8.42 Å². The van der Waals surface area contributed by atoms with E-state index < -0.39 is 10.0 Å². The molecule has 1 heterocycles. The lowest BCUT2D eigenvalue weighted by Gasteiger charge is -2.23. The molecule has 3 aromatic carbocycles. The van der Waals surface area contributed by atoms with Gasteiger partial charge < -0.3 is 5.32 Å². The predicted molar refractivity (Wildman–Crippen MR) is 141 cm³/mol. The number of benzene rings is 3. The summed E-state index contributed by atoms with van der Waals surface area (Å²) in [7, 11) is -3.74. The highest BCUT2D eigenvalue weighted by molar-refractivity contribution is 9.10. The van der Waals surface area contributed by atoms with E-state index >= 15 is 0 Å². The molecule has 0 saturated heterocycles. The minimum Gasteiger partial charge on any atom is -0.321 e. The number of sulfonamides is 1. The quantitative estimate of drug-likeness (QED) is 0.269. The van der Waals surface area contributed by atoms with Crippen LogP contribution >= 0.6 is 27.3 Å². The maximum atomic E-state index is 13.2. The second-order valence-electron chi connectivity index (χ2n) is 7.55. The first-order valence-corrected chi connectivity index (χ1v) is 13.5. The van der Waals surface area contributed by atoms with Crippen LogP contribution in [0.5, 0.6) is 0 Å². The Bertz CT molecular complexity index is 1500. The Kier molecular flexibility index (Phi) is 6.88. The molecule has 0 unspecified atom stereocenters. The fourth-order valence-electron chi connectivity index (χ4n) is 3.53. The topological polar surface area (TPSA) is 83.6 Å². The molecule has 1 N–H and O–H groups in total. The molecule has 0 aliphatic heterocycles. The summed E-state index contributed by atoms with van der Waals surface area (Å²) in [4.78, 5) is 25.1. The van der Waals surface area contributed by atoms with Crippen LogP contribution in [-0.2, 0) is 10.0 Å². The summed E-state index contributed by atoms with van der Waals surface area (Å²) in [6.07, 6.45) is 0. The lowest BCUT2D eigenvalue weighted by Crippen LogP contribution is -2.30. The Morgan fingerprint density at radius 1 is 1.00 bits per heavy atom. The molecule has 0 atom stereocenters. The smallest absolute Gasteiger partial charge is 0.265 e. The monoisotopic (exact) mass is 556 g/mol. The maximum absolute atomic E-state index is 13.2. The number of thiophene rings is 1. The van der Waals surface area contributed by atoms with E-state index in [0.29, 0.717) is 21.8 Å². The molecule has 0 radical (unpaired) electrons. The van der Waals surface area contributed by atoms with Crippen molar-refractivity contribution in [1.29, 1.82) is 0 Å². The van der Waals surface area contributed by atoms with Crippen molar-refractivity contribution in [3.8, 4) is 0 Å². The molecule has 0 bridgehead atoms. The molecule has 4 aromatic rings. The fourth-order valence-corrected chi connectivity index (χ4v) is 6.20. The lowest BCUT2D eigenvalue weighted by atomic mass is 10.1. The zero-order valence-electron chi connectivity index (χ0n) is 18.4. The average molecular weight is 557 g/mol. The number of ketones is 1. The van der Waals surface area contributed by atoms with E-state index in [-0.39, 0.29) is 23.1 Å². The van der Waals surface area contributed by atoms with Gasteiger partial charge in [0.25, 0.3) is 15.9 Å². The third-order valence-corrected chi connectivity index (χ3v) is 8.79. The van der Waals surface area contributed by atoms with Crippen molar-refractivity contribution in [1.82, 2.24) is 0 Å². The number of carbonyl (C=O) groups is 2. The molecule has 1 amide bonds. The van der Waals surface area contributed by atoms with Gasteiger partial charge in [-0.05, 0) is 79.9 Å². The summed E-state index contributed by atoms with van der Waals surface area (Å²) in [5.41, 5.74) is 1.58. The van der Waals surface area contributed by atoms with Crippen LogP contribution in [0, 0.1) is 0 Å². The molecule has 4 rings (SSSR count). The number of Topliss-reactive ketones (excluding diaryl/α,β-unsaturated/α-hetero) is 1. The van der Waals surface area contributed by atoms with Gasteiger partial charge in [-0.1, -0.05) is 28.1 Å². The number of nitrogens with zero attached hydrogens (tertiary/aromatic N) is 1. The van der Waals surface area contributed by atoms with Crippen LogP contribution in [0.15, 0.2) is 82.2 Å². The minimum absolute atomic E-state index is 0.0796. The van der Waals surface area contributed by atoms with Crippen LogP contribution in [0.3, 0.4) is 0 Å². The summed E-state index contributed by atoms with van der Waals surface area (Å²) in [6, 6.07) is 20.4. The number of nitrogens with one attached hydrogen (secondary N) is 1. The molecule has 0 aliphatic carbocycles. The van der Waals surface area contributed by atoms with Crippen molar-refractivity contribution in [3.63, 3.8) is 0 Å². The number of carbonyl (C=O) groups excluding carboxylic acids is 2. The highest BCUT2D eigenvalue weighted by atomic mass is 79.9. The second kappa shape index (κ2) is 9.69. The van der Waals surface area contributed by atoms with Crippen LogP contribution in [0.25, 0.3) is 10.1 Å². The minimum atomic E-state index is -3.74. The summed E-state index contributed by atoms with van der Waals surface area (Å²) < 4.78 is 29.5. The van der Waals surface area contributed by atoms with Crippen molar-refractivity contribution in [3.05, 3.63) is 87.7 Å². The third-order valence-electron chi connectivity index (χ3n) is 5.23. The summed E-state index contributed by atoms with van der Waals surface area (Å²) in [6.45, 7) is 3.51. The van der Waals surface area contributed by atoms with Crippen LogP contribution in [0.2, 0.25) is 0 Å². The SMILES string of the molecule is CCN(c1ccc2sc(C(=O)Nc3cccc(C(C)=O)c3)cc2c1)S(=O)(=O)c1ccc(Br)cc1. The Labute approximate surface area is 210 Å². The van der Waals surface area contributed by atoms with Crippen LogP contribution < -0.4 is 9.62 Å². The molecular formula is C25H21BrN2O4S2. The summed E-state index contributed by atoms with van der Waals surface area (Å²) in [5, 5.41) is 3.60. The van der Waals surface area contributed by atoms with Gasteiger partial charge in [0.1, 0.15) is 0 Å². The first-order chi connectivity index (χ1) is 16.2. The van der Waals surface area contributed by atoms with Gasteiger partial charge >= 0.3 is 0 Å². The van der Waals surface area contributed by atoms with Crippen LogP contribution in [0.4, 0.5) is 11.4 Å². The predicted octanol–water partition coefficient (Wildman–Crippen LogP) is 6.33. The fraction of sp³-hybridized carbons (Fsp3) is 0.120. The van der Waals surface area contributed by atoms with Gasteiger partial charge in [0.2, 0.25) is 0 Å². The van der Waals surface area contributed by atoms with Crippen molar-refractivity contribution in [2.24, 2.45) is 0 Å². The Morgan fingerprint density at radius 3 is 2.41 bits per heavy atom. The van der Waals surface area contributed by atoms with Gasteiger partial charge in [0, 0.05) is 27.0 Å². The van der Waals surface area contributed by atoms with E-state index in [9.17, 15) is 18.0 Å². The molecule has 0 saturated carbocycles. The van der Waals surface area contributed by atoms with Crippen molar-refractivity contribution in [2.75, 3.05) is 16.2 Å². The van der Waals surface area contributed by atoms with Crippen molar-refractivity contribution in [2.45, 2.75) is 18.7 Å². The van der Waals surface area contributed by atoms with E-state index in [0.717, 1.165) is 14.6 Å². The normalized spacial score (nSPS) is 11.4. The number of rotatable bonds is 7. The van der Waals surface area contributed by atoms with Crippen LogP contribution in [-0.4, -0.2) is 26.7 Å². The van der Waals surface area contributed by atoms with Crippen LogP contribution in [0.1, 0.15) is 33.9 Å². The number of halogens is 1. The second-order valence-corrected chi connectivity index (χ2v) is 11.4. The molecule has 0 spiro atoms. The highest BCUT2D eigenvalue weighted by Crippen LogP contribution is 2.32. The number of hydrogen-bond donors (Lipinski definition) is 1. The van der Waals surface area contributed by atoms with Gasteiger partial charge in [0.15, 0.2) is 5.78 Å². The molecule has 0 fully saturated rings. The first-order valence-electron chi connectivity index (χ1n) is 10.4. The number of fused-ring (bicyclic) bond motifs is 1. The summed E-state index contributed by atoms with van der Waals surface area (Å²) in [5.74, 6) is -0.373.